The van der Waals surface area contributed by atoms with E-state index in [4.69, 9.17) is 9.97 Å². The van der Waals surface area contributed by atoms with Crippen LogP contribution in [-0.4, -0.2) is 41.7 Å². The quantitative estimate of drug-likeness (QED) is 0.212. The number of nitrogens with zero attached hydrogens (tertiary/aromatic N) is 3. The van der Waals surface area contributed by atoms with Crippen molar-refractivity contribution in [1.29, 1.82) is 0 Å². The molecule has 3 aromatic heterocycles. The first-order valence-corrected chi connectivity index (χ1v) is 16.1. The first-order valence-electron chi connectivity index (χ1n) is 16.1. The predicted octanol–water partition coefficient (Wildman–Crippen LogP) is 8.53. The fraction of sp³-hybridized carbons (Fsp3) is 0.405. The molecule has 8 nitrogen and oxygen atoms in total. The summed E-state index contributed by atoms with van der Waals surface area (Å²) in [5, 5.41) is 19.2. The lowest BCUT2D eigenvalue weighted by Gasteiger charge is -2.07. The highest BCUT2D eigenvalue weighted by molar-refractivity contribution is 5.95. The maximum Gasteiger partial charge on any atom is 0.303 e. The highest BCUT2D eigenvalue weighted by Crippen LogP contribution is 2.37. The Kier molecular flexibility index (Phi) is 9.14. The molecule has 0 saturated carbocycles. The number of rotatable bonds is 10. The van der Waals surface area contributed by atoms with Crippen molar-refractivity contribution in [3.05, 3.63) is 69.3 Å². The van der Waals surface area contributed by atoms with Gasteiger partial charge in [0.2, 0.25) is 0 Å². The summed E-state index contributed by atoms with van der Waals surface area (Å²) in [7, 11) is 0. The van der Waals surface area contributed by atoms with Crippen molar-refractivity contribution < 1.29 is 19.8 Å². The molecular formula is C37H44N4O4. The molecule has 0 aliphatic carbocycles. The minimum atomic E-state index is -0.855. The van der Waals surface area contributed by atoms with Crippen LogP contribution in [0.1, 0.15) is 112 Å². The van der Waals surface area contributed by atoms with Gasteiger partial charge in [0.15, 0.2) is 0 Å². The largest absolute Gasteiger partial charge is 0.481 e. The fourth-order valence-corrected chi connectivity index (χ4v) is 6.91. The predicted molar refractivity (Wildman–Crippen MR) is 182 cm³/mol. The summed E-state index contributed by atoms with van der Waals surface area (Å²) >= 11 is 0. The maximum absolute atomic E-state index is 11.8. The van der Waals surface area contributed by atoms with Crippen LogP contribution in [0.15, 0.2) is 24.3 Å². The number of aromatic amines is 1. The van der Waals surface area contributed by atoms with Gasteiger partial charge in [-0.1, -0.05) is 20.8 Å². The Hall–Kier alpha value is -4.46. The summed E-state index contributed by atoms with van der Waals surface area (Å²) in [5.74, 6) is -1.70. The summed E-state index contributed by atoms with van der Waals surface area (Å²) in [6.07, 6.45) is 3.32. The molecule has 0 atom stereocenters. The number of nitrogens with one attached hydrogen (secondary N) is 1. The molecule has 3 aromatic rings. The van der Waals surface area contributed by atoms with Gasteiger partial charge >= 0.3 is 11.9 Å². The normalized spacial score (nSPS) is 13.2. The molecule has 5 rings (SSSR count). The van der Waals surface area contributed by atoms with Crippen LogP contribution in [0.25, 0.3) is 44.4 Å². The second-order valence-electron chi connectivity index (χ2n) is 12.1. The summed E-state index contributed by atoms with van der Waals surface area (Å²) < 4.78 is 2.27. The highest BCUT2D eigenvalue weighted by atomic mass is 16.4. The van der Waals surface area contributed by atoms with Gasteiger partial charge in [-0.05, 0) is 129 Å². The summed E-state index contributed by atoms with van der Waals surface area (Å²) in [6.45, 7) is 15.5. The van der Waals surface area contributed by atoms with E-state index in [9.17, 15) is 19.8 Å². The molecule has 236 valence electrons. The number of carbonyl (C=O) groups is 2. The molecule has 0 radical (unpaired) electrons. The first kappa shape index (κ1) is 31.9. The van der Waals surface area contributed by atoms with Crippen molar-refractivity contribution in [2.45, 2.75) is 100.0 Å². The number of allylic oxidation sites excluding steroid dienone is 4. The lowest BCUT2D eigenvalue weighted by atomic mass is 10.00. The van der Waals surface area contributed by atoms with Crippen LogP contribution in [0.4, 0.5) is 0 Å². The second-order valence-corrected chi connectivity index (χ2v) is 12.1. The number of hydrogen-bond acceptors (Lipinski definition) is 4. The molecule has 0 aromatic carbocycles. The summed E-state index contributed by atoms with van der Waals surface area (Å²) in [6, 6.07) is 8.45. The van der Waals surface area contributed by atoms with E-state index in [-0.39, 0.29) is 12.8 Å². The van der Waals surface area contributed by atoms with Crippen LogP contribution in [-0.2, 0) is 29.0 Å². The minimum absolute atomic E-state index is 0.00253. The van der Waals surface area contributed by atoms with E-state index < -0.39 is 11.9 Å². The third kappa shape index (κ3) is 5.98. The van der Waals surface area contributed by atoms with Gasteiger partial charge in [0.25, 0.3) is 0 Å². The Balaban J connectivity index is 2.00. The minimum Gasteiger partial charge on any atom is -0.481 e. The van der Waals surface area contributed by atoms with Crippen LogP contribution in [0.3, 0.4) is 0 Å². The Morgan fingerprint density at radius 3 is 1.89 bits per heavy atom. The van der Waals surface area contributed by atoms with Gasteiger partial charge < -0.3 is 19.8 Å². The van der Waals surface area contributed by atoms with E-state index in [1.165, 1.54) is 16.7 Å². The van der Waals surface area contributed by atoms with E-state index in [2.05, 4.69) is 75.4 Å². The van der Waals surface area contributed by atoms with Crippen molar-refractivity contribution >= 4 is 56.3 Å². The lowest BCUT2D eigenvalue weighted by molar-refractivity contribution is -0.137. The Labute approximate surface area is 264 Å². The number of aliphatic carboxylic acids is 2. The Bertz CT molecular complexity index is 1940. The van der Waals surface area contributed by atoms with Gasteiger partial charge in [-0.25, -0.2) is 9.97 Å². The molecule has 2 aliphatic rings. The molecule has 8 heteroatoms. The zero-order chi connectivity index (χ0) is 32.6. The van der Waals surface area contributed by atoms with Crippen LogP contribution in [0.2, 0.25) is 0 Å². The first-order chi connectivity index (χ1) is 21.5. The molecule has 3 N–H and O–H groups in total. The molecule has 0 unspecified atom stereocenters. The number of fused-ring (bicyclic) bond motifs is 8. The number of hydrogen-bond donors (Lipinski definition) is 3. The maximum atomic E-state index is 11.8. The van der Waals surface area contributed by atoms with E-state index in [0.29, 0.717) is 12.8 Å². The number of H-pyrrole nitrogens is 1. The van der Waals surface area contributed by atoms with Crippen LogP contribution in [0.5, 0.6) is 0 Å². The van der Waals surface area contributed by atoms with Crippen LogP contribution in [0, 0.1) is 13.8 Å². The third-order valence-electron chi connectivity index (χ3n) is 9.39. The van der Waals surface area contributed by atoms with E-state index in [1.54, 1.807) is 0 Å². The molecule has 0 saturated heterocycles. The number of carboxylic acids is 2. The monoisotopic (exact) mass is 608 g/mol. The van der Waals surface area contributed by atoms with Crippen molar-refractivity contribution in [1.82, 2.24) is 19.5 Å². The van der Waals surface area contributed by atoms with Crippen molar-refractivity contribution in [2.75, 3.05) is 0 Å². The average Bonchev–Trinajstić information content (AvgIpc) is 3.63. The molecule has 0 fully saturated rings. The zero-order valence-corrected chi connectivity index (χ0v) is 27.5. The summed E-state index contributed by atoms with van der Waals surface area (Å²) in [4.78, 5) is 37.4. The standard InChI is InChI=1S/C37H44N4O4/c1-8-15-41-34-18-30-21(5)25(10-3)32(40-30)16-28-20(4)24(9-2)31(38-28)17-29-22(6)26(11-13-36(42)43)33(39-29)19-35(41)27(23(34)7)12-14-37(44)45/h16-19,38H,8-15H2,1-7H3,(H,42,43)(H,44,45). The second kappa shape index (κ2) is 12.9. The smallest absolute Gasteiger partial charge is 0.303 e. The number of aryl methyl sites for hydroxylation is 5. The van der Waals surface area contributed by atoms with Gasteiger partial charge in [0.1, 0.15) is 0 Å². The molecular weight excluding hydrogens is 564 g/mol. The van der Waals surface area contributed by atoms with Crippen LogP contribution >= 0.6 is 0 Å². The Morgan fingerprint density at radius 2 is 1.27 bits per heavy atom. The topological polar surface area (TPSA) is 121 Å². The van der Waals surface area contributed by atoms with Gasteiger partial charge in [0, 0.05) is 41.5 Å². The molecule has 2 aliphatic heterocycles. The van der Waals surface area contributed by atoms with E-state index >= 15 is 0 Å². The average molecular weight is 609 g/mol. The van der Waals surface area contributed by atoms with E-state index in [1.807, 2.05) is 6.92 Å². The summed E-state index contributed by atoms with van der Waals surface area (Å²) in [5.41, 5.74) is 16.0. The van der Waals surface area contributed by atoms with Crippen molar-refractivity contribution in [3.8, 4) is 0 Å². The third-order valence-corrected chi connectivity index (χ3v) is 9.39. The number of carboxylic acid groups (broad SMARTS) is 2. The molecule has 0 spiro atoms. The number of aromatic nitrogens is 4. The van der Waals surface area contributed by atoms with E-state index in [0.717, 1.165) is 98.5 Å². The van der Waals surface area contributed by atoms with Gasteiger partial charge in [-0.15, -0.1) is 0 Å². The zero-order valence-electron chi connectivity index (χ0n) is 27.5. The lowest BCUT2D eigenvalue weighted by Crippen LogP contribution is -2.00. The molecule has 5 heterocycles. The molecule has 0 amide bonds. The molecule has 8 bridgehead atoms. The van der Waals surface area contributed by atoms with Gasteiger partial charge in [-0.2, -0.15) is 0 Å². The van der Waals surface area contributed by atoms with Crippen molar-refractivity contribution in [3.63, 3.8) is 0 Å². The fourth-order valence-electron chi connectivity index (χ4n) is 6.91. The highest BCUT2D eigenvalue weighted by Gasteiger charge is 2.22. The Morgan fingerprint density at radius 1 is 0.689 bits per heavy atom. The van der Waals surface area contributed by atoms with Crippen LogP contribution < -0.4 is 0 Å². The SMILES string of the molecule is CCCn1c2cc3nc(cc4[nH]c(cc5nc(cc1c(CCC(=O)O)c2C)C(CCC(=O)O)=C5C)c(CC)c4C)C(CC)=C3C. The van der Waals surface area contributed by atoms with Crippen molar-refractivity contribution in [2.24, 2.45) is 0 Å². The van der Waals surface area contributed by atoms with Gasteiger partial charge in [0.05, 0.1) is 22.8 Å². The molecule has 45 heavy (non-hydrogen) atoms. The van der Waals surface area contributed by atoms with Gasteiger partial charge in [-0.3, -0.25) is 9.59 Å².